The largest absolute Gasteiger partial charge is 0.300 e. The summed E-state index contributed by atoms with van der Waals surface area (Å²) in [5.74, 6) is 1.06. The SMILES string of the molecule is CC(C1CC1)N1CCCCC1. The summed E-state index contributed by atoms with van der Waals surface area (Å²) in [6.45, 7) is 5.16. The average molecular weight is 153 g/mol. The van der Waals surface area contributed by atoms with Crippen molar-refractivity contribution in [2.45, 2.75) is 45.1 Å². The number of hydrogen-bond donors (Lipinski definition) is 0. The van der Waals surface area contributed by atoms with Gasteiger partial charge in [-0.15, -0.1) is 0 Å². The molecule has 0 bridgehead atoms. The normalized spacial score (nSPS) is 30.3. The lowest BCUT2D eigenvalue weighted by atomic mass is 10.1. The standard InChI is InChI=1S/C10H19N/c1-9(10-5-6-10)11-7-3-2-4-8-11/h9-10H,2-8H2,1H3. The summed E-state index contributed by atoms with van der Waals surface area (Å²) in [4.78, 5) is 2.70. The second-order valence-corrected chi connectivity index (χ2v) is 4.17. The van der Waals surface area contributed by atoms with E-state index in [0.717, 1.165) is 12.0 Å². The Hall–Kier alpha value is -0.0400. The summed E-state index contributed by atoms with van der Waals surface area (Å²) in [6, 6.07) is 0.898. The minimum atomic E-state index is 0.898. The number of likely N-dealkylation sites (tertiary alicyclic amines) is 1. The highest BCUT2D eigenvalue weighted by atomic mass is 15.2. The minimum absolute atomic E-state index is 0.898. The Bertz CT molecular complexity index is 123. The van der Waals surface area contributed by atoms with Crippen molar-refractivity contribution in [2.75, 3.05) is 13.1 Å². The molecule has 0 aromatic carbocycles. The van der Waals surface area contributed by atoms with E-state index in [0.29, 0.717) is 0 Å². The molecule has 11 heavy (non-hydrogen) atoms. The zero-order chi connectivity index (χ0) is 7.68. The van der Waals surface area contributed by atoms with E-state index >= 15 is 0 Å². The van der Waals surface area contributed by atoms with Gasteiger partial charge in [-0.3, -0.25) is 0 Å². The molecule has 1 aliphatic carbocycles. The van der Waals surface area contributed by atoms with Gasteiger partial charge >= 0.3 is 0 Å². The Balaban J connectivity index is 1.81. The molecule has 1 heteroatoms. The fourth-order valence-electron chi connectivity index (χ4n) is 2.20. The van der Waals surface area contributed by atoms with Gasteiger partial charge in [-0.05, 0) is 51.6 Å². The van der Waals surface area contributed by atoms with Crippen LogP contribution >= 0.6 is 0 Å². The Morgan fingerprint density at radius 1 is 1.09 bits per heavy atom. The molecule has 64 valence electrons. The van der Waals surface area contributed by atoms with Crippen molar-refractivity contribution in [3.63, 3.8) is 0 Å². The number of piperidine rings is 1. The van der Waals surface area contributed by atoms with Gasteiger partial charge in [0.25, 0.3) is 0 Å². The van der Waals surface area contributed by atoms with Crippen molar-refractivity contribution >= 4 is 0 Å². The van der Waals surface area contributed by atoms with Gasteiger partial charge in [0.2, 0.25) is 0 Å². The zero-order valence-corrected chi connectivity index (χ0v) is 7.55. The van der Waals surface area contributed by atoms with Crippen LogP contribution in [0.25, 0.3) is 0 Å². The molecule has 1 saturated heterocycles. The van der Waals surface area contributed by atoms with Crippen molar-refractivity contribution in [3.05, 3.63) is 0 Å². The van der Waals surface area contributed by atoms with Crippen LogP contribution in [-0.4, -0.2) is 24.0 Å². The number of nitrogens with zero attached hydrogens (tertiary/aromatic N) is 1. The number of rotatable bonds is 2. The fraction of sp³-hybridized carbons (Fsp3) is 1.00. The Morgan fingerprint density at radius 2 is 1.73 bits per heavy atom. The van der Waals surface area contributed by atoms with E-state index in [9.17, 15) is 0 Å². The quantitative estimate of drug-likeness (QED) is 0.588. The number of hydrogen-bond acceptors (Lipinski definition) is 1. The molecule has 0 aromatic heterocycles. The van der Waals surface area contributed by atoms with E-state index in [2.05, 4.69) is 11.8 Å². The van der Waals surface area contributed by atoms with Crippen LogP contribution in [0.5, 0.6) is 0 Å². The van der Waals surface area contributed by atoms with Crippen molar-refractivity contribution < 1.29 is 0 Å². The van der Waals surface area contributed by atoms with Crippen LogP contribution in [0.2, 0.25) is 0 Å². The van der Waals surface area contributed by atoms with E-state index in [1.54, 1.807) is 0 Å². The predicted molar refractivity (Wildman–Crippen MR) is 47.6 cm³/mol. The molecule has 2 fully saturated rings. The molecule has 1 atom stereocenters. The summed E-state index contributed by atoms with van der Waals surface area (Å²) < 4.78 is 0. The van der Waals surface area contributed by atoms with Gasteiger partial charge in [0.15, 0.2) is 0 Å². The maximum Gasteiger partial charge on any atom is 0.00951 e. The van der Waals surface area contributed by atoms with Crippen molar-refractivity contribution in [1.82, 2.24) is 4.90 Å². The summed E-state index contributed by atoms with van der Waals surface area (Å²) >= 11 is 0. The maximum atomic E-state index is 2.70. The van der Waals surface area contributed by atoms with E-state index in [4.69, 9.17) is 0 Å². The first-order valence-electron chi connectivity index (χ1n) is 5.12. The highest BCUT2D eigenvalue weighted by molar-refractivity contribution is 4.86. The molecular formula is C10H19N. The van der Waals surface area contributed by atoms with Crippen LogP contribution in [-0.2, 0) is 0 Å². The topological polar surface area (TPSA) is 3.24 Å². The van der Waals surface area contributed by atoms with E-state index < -0.39 is 0 Å². The Morgan fingerprint density at radius 3 is 2.27 bits per heavy atom. The summed E-state index contributed by atoms with van der Waals surface area (Å²) in [5.41, 5.74) is 0. The second kappa shape index (κ2) is 3.14. The molecule has 1 nitrogen and oxygen atoms in total. The Labute approximate surface area is 69.8 Å². The van der Waals surface area contributed by atoms with Crippen molar-refractivity contribution in [1.29, 1.82) is 0 Å². The highest BCUT2D eigenvalue weighted by Gasteiger charge is 2.31. The molecule has 1 aliphatic heterocycles. The molecule has 1 heterocycles. The Kier molecular flexibility index (Phi) is 2.17. The molecule has 2 rings (SSSR count). The molecule has 0 radical (unpaired) electrons. The van der Waals surface area contributed by atoms with Crippen LogP contribution < -0.4 is 0 Å². The third-order valence-electron chi connectivity index (χ3n) is 3.27. The third-order valence-corrected chi connectivity index (χ3v) is 3.27. The van der Waals surface area contributed by atoms with E-state index in [1.807, 2.05) is 0 Å². The van der Waals surface area contributed by atoms with Gasteiger partial charge in [-0.25, -0.2) is 0 Å². The lowest BCUT2D eigenvalue weighted by molar-refractivity contribution is 0.158. The summed E-state index contributed by atoms with van der Waals surface area (Å²) in [5, 5.41) is 0. The third kappa shape index (κ3) is 1.76. The molecule has 0 aromatic rings. The van der Waals surface area contributed by atoms with Crippen LogP contribution in [0.3, 0.4) is 0 Å². The van der Waals surface area contributed by atoms with E-state index in [-0.39, 0.29) is 0 Å². The molecule has 0 spiro atoms. The fourth-order valence-corrected chi connectivity index (χ4v) is 2.20. The molecule has 0 amide bonds. The zero-order valence-electron chi connectivity index (χ0n) is 7.55. The van der Waals surface area contributed by atoms with Gasteiger partial charge < -0.3 is 4.90 Å². The first-order chi connectivity index (χ1) is 5.38. The molecule has 1 saturated carbocycles. The predicted octanol–water partition coefficient (Wildman–Crippen LogP) is 2.27. The maximum absolute atomic E-state index is 2.70. The first kappa shape index (κ1) is 7.60. The summed E-state index contributed by atoms with van der Waals surface area (Å²) in [6.07, 6.45) is 7.34. The van der Waals surface area contributed by atoms with Crippen molar-refractivity contribution in [3.8, 4) is 0 Å². The molecule has 0 N–H and O–H groups in total. The van der Waals surface area contributed by atoms with Crippen LogP contribution in [0, 0.1) is 5.92 Å². The molecular weight excluding hydrogens is 134 g/mol. The van der Waals surface area contributed by atoms with Gasteiger partial charge in [0.1, 0.15) is 0 Å². The first-order valence-corrected chi connectivity index (χ1v) is 5.12. The molecule has 1 unspecified atom stereocenters. The van der Waals surface area contributed by atoms with Gasteiger partial charge in [-0.2, -0.15) is 0 Å². The molecule has 2 aliphatic rings. The van der Waals surface area contributed by atoms with Crippen LogP contribution in [0.4, 0.5) is 0 Å². The van der Waals surface area contributed by atoms with Crippen molar-refractivity contribution in [2.24, 2.45) is 5.92 Å². The minimum Gasteiger partial charge on any atom is -0.300 e. The lowest BCUT2D eigenvalue weighted by Gasteiger charge is -2.32. The van der Waals surface area contributed by atoms with Crippen LogP contribution in [0.1, 0.15) is 39.0 Å². The van der Waals surface area contributed by atoms with Gasteiger partial charge in [-0.1, -0.05) is 6.42 Å². The van der Waals surface area contributed by atoms with Crippen LogP contribution in [0.15, 0.2) is 0 Å². The summed E-state index contributed by atoms with van der Waals surface area (Å²) in [7, 11) is 0. The second-order valence-electron chi connectivity index (χ2n) is 4.17. The lowest BCUT2D eigenvalue weighted by Crippen LogP contribution is -2.38. The smallest absolute Gasteiger partial charge is 0.00951 e. The average Bonchev–Trinajstić information content (AvgIpc) is 2.87. The van der Waals surface area contributed by atoms with Gasteiger partial charge in [0.05, 0.1) is 0 Å². The monoisotopic (exact) mass is 153 g/mol. The highest BCUT2D eigenvalue weighted by Crippen LogP contribution is 2.35. The van der Waals surface area contributed by atoms with Gasteiger partial charge in [0, 0.05) is 6.04 Å². The van der Waals surface area contributed by atoms with E-state index in [1.165, 1.54) is 45.2 Å².